The number of benzene rings is 1. The summed E-state index contributed by atoms with van der Waals surface area (Å²) in [7, 11) is -4.80. The van der Waals surface area contributed by atoms with Gasteiger partial charge in [0.25, 0.3) is 5.91 Å². The summed E-state index contributed by atoms with van der Waals surface area (Å²) in [5, 5.41) is 9.15. The number of aliphatic hydroxyl groups is 1. The number of nitrogens with two attached hydrogens (primary N) is 1. The van der Waals surface area contributed by atoms with Crippen LogP contribution >= 0.6 is 0 Å². The average molecular weight is 283 g/mol. The Bertz CT molecular complexity index is 500. The van der Waals surface area contributed by atoms with Crippen LogP contribution in [0.4, 0.5) is 0 Å². The number of carbonyl (C=O) groups excluding carboxylic acids is 1. The van der Waals surface area contributed by atoms with Gasteiger partial charge in [-0.2, -0.15) is 0 Å². The first-order valence-corrected chi connectivity index (χ1v) is 5.91. The van der Waals surface area contributed by atoms with Crippen molar-refractivity contribution in [2.75, 3.05) is 6.61 Å². The average Bonchev–Trinajstić information content (AvgIpc) is 2.25. The first kappa shape index (κ1) is 17.4. The van der Waals surface area contributed by atoms with Crippen molar-refractivity contribution in [2.24, 2.45) is 5.73 Å². The molecular weight excluding hydrogens is 273 g/mol. The summed E-state index contributed by atoms with van der Waals surface area (Å²) in [5.74, 6) is -0.390. The van der Waals surface area contributed by atoms with E-state index in [-0.39, 0.29) is 47.5 Å². The smallest absolute Gasteiger partial charge is 0.746 e. The molecule has 1 rings (SSSR count). The van der Waals surface area contributed by atoms with Gasteiger partial charge in [0.1, 0.15) is 15.9 Å². The number of carbonyl (C=O) groups is 1. The van der Waals surface area contributed by atoms with E-state index in [2.05, 4.69) is 0 Å². The molecule has 9 heteroatoms. The minimum absolute atomic E-state index is 0. The molecule has 1 aromatic carbocycles. The minimum atomic E-state index is -4.80. The van der Waals surface area contributed by atoms with Gasteiger partial charge in [-0.3, -0.25) is 4.79 Å². The van der Waals surface area contributed by atoms with Crippen molar-refractivity contribution in [3.05, 3.63) is 29.8 Å². The number of primary amides is 1. The molecule has 1 atom stereocenters. The predicted molar refractivity (Wildman–Crippen MR) is 55.8 cm³/mol. The zero-order chi connectivity index (χ0) is 13.1. The van der Waals surface area contributed by atoms with Crippen LogP contribution in [0.1, 0.15) is 11.0 Å². The van der Waals surface area contributed by atoms with Gasteiger partial charge in [-0.25, -0.2) is 8.42 Å². The third-order valence-electron chi connectivity index (χ3n) is 1.82. The Morgan fingerprint density at radius 2 is 1.89 bits per heavy atom. The quantitative estimate of drug-likeness (QED) is 0.419. The molecule has 0 bridgehead atoms. The molecule has 7 nitrogen and oxygen atoms in total. The number of hydrogen-bond acceptors (Lipinski definition) is 6. The van der Waals surface area contributed by atoms with Gasteiger partial charge in [0, 0.05) is 0 Å². The second kappa shape index (κ2) is 7.07. The molecule has 18 heavy (non-hydrogen) atoms. The molecule has 3 N–H and O–H groups in total. The summed E-state index contributed by atoms with van der Waals surface area (Å²) in [6.45, 7) is -0.318. The molecule has 0 heterocycles. The van der Waals surface area contributed by atoms with Crippen LogP contribution in [0.3, 0.4) is 0 Å². The number of rotatable bonds is 5. The van der Waals surface area contributed by atoms with Crippen molar-refractivity contribution in [1.82, 2.24) is 0 Å². The van der Waals surface area contributed by atoms with Gasteiger partial charge in [0.2, 0.25) is 0 Å². The van der Waals surface area contributed by atoms with E-state index in [9.17, 15) is 17.8 Å². The summed E-state index contributed by atoms with van der Waals surface area (Å²) in [4.78, 5) is 10.4. The van der Waals surface area contributed by atoms with E-state index in [1.807, 2.05) is 0 Å². The van der Waals surface area contributed by atoms with E-state index in [4.69, 9.17) is 15.6 Å². The van der Waals surface area contributed by atoms with Gasteiger partial charge in [-0.05, 0) is 17.7 Å². The maximum Gasteiger partial charge on any atom is 1.00 e. The molecule has 0 aromatic heterocycles. The number of aliphatic hydroxyl groups excluding tert-OH is 1. The summed E-state index contributed by atoms with van der Waals surface area (Å²) < 4.78 is 36.5. The third-order valence-corrected chi connectivity index (χ3v) is 2.64. The Morgan fingerprint density at radius 1 is 1.39 bits per heavy atom. The second-order valence-electron chi connectivity index (χ2n) is 3.17. The molecule has 0 saturated carbocycles. The van der Waals surface area contributed by atoms with Gasteiger partial charge in [0.05, 0.1) is 0 Å². The van der Waals surface area contributed by atoms with Crippen LogP contribution in [-0.2, 0) is 14.9 Å². The Balaban J connectivity index is 0.00000289. The van der Waals surface area contributed by atoms with Crippen molar-refractivity contribution in [3.8, 4) is 5.75 Å². The van der Waals surface area contributed by atoms with Gasteiger partial charge in [-0.1, -0.05) is 12.1 Å². The van der Waals surface area contributed by atoms with E-state index < -0.39 is 21.5 Å². The van der Waals surface area contributed by atoms with Gasteiger partial charge in [0.15, 0.2) is 12.0 Å². The SMILES string of the molecule is NC(=O)COc1ccc(C(O)S(=O)(=O)[O-])cc1.[Na+]. The molecule has 94 valence electrons. The third kappa shape index (κ3) is 5.34. The summed E-state index contributed by atoms with van der Waals surface area (Å²) >= 11 is 0. The van der Waals surface area contributed by atoms with Crippen molar-refractivity contribution < 1.29 is 57.2 Å². The molecule has 1 aromatic rings. The molecule has 0 fully saturated rings. The fourth-order valence-corrected chi connectivity index (χ4v) is 1.54. The second-order valence-corrected chi connectivity index (χ2v) is 4.60. The maximum absolute atomic E-state index is 10.5. The summed E-state index contributed by atoms with van der Waals surface area (Å²) in [6.07, 6.45) is 0. The van der Waals surface area contributed by atoms with Gasteiger partial charge in [-0.15, -0.1) is 0 Å². The van der Waals surface area contributed by atoms with Crippen LogP contribution in [0.2, 0.25) is 0 Å². The van der Waals surface area contributed by atoms with Crippen LogP contribution in [0.15, 0.2) is 24.3 Å². The van der Waals surface area contributed by atoms with E-state index >= 15 is 0 Å². The number of ether oxygens (including phenoxy) is 1. The Hall–Kier alpha value is -0.640. The molecule has 1 unspecified atom stereocenters. The number of hydrogen-bond donors (Lipinski definition) is 2. The molecule has 0 aliphatic carbocycles. The minimum Gasteiger partial charge on any atom is -0.746 e. The molecule has 0 radical (unpaired) electrons. The largest absolute Gasteiger partial charge is 1.00 e. The van der Waals surface area contributed by atoms with E-state index in [1.54, 1.807) is 0 Å². The van der Waals surface area contributed by atoms with E-state index in [1.165, 1.54) is 24.3 Å². The van der Waals surface area contributed by atoms with E-state index in [0.717, 1.165) is 0 Å². The Labute approximate surface area is 126 Å². The zero-order valence-corrected chi connectivity index (χ0v) is 12.4. The fourth-order valence-electron chi connectivity index (χ4n) is 1.05. The van der Waals surface area contributed by atoms with Crippen molar-refractivity contribution in [3.63, 3.8) is 0 Å². The molecule has 1 amide bonds. The molecule has 0 spiro atoms. The first-order valence-electron chi connectivity index (χ1n) is 4.44. The van der Waals surface area contributed by atoms with Crippen LogP contribution in [-0.4, -0.2) is 30.6 Å². The van der Waals surface area contributed by atoms with Gasteiger partial charge >= 0.3 is 29.6 Å². The van der Waals surface area contributed by atoms with Crippen LogP contribution < -0.4 is 40.0 Å². The maximum atomic E-state index is 10.5. The Kier molecular flexibility index (Phi) is 6.82. The van der Waals surface area contributed by atoms with Crippen LogP contribution in [0, 0.1) is 0 Å². The van der Waals surface area contributed by atoms with E-state index in [0.29, 0.717) is 0 Å². The van der Waals surface area contributed by atoms with Crippen LogP contribution in [0.5, 0.6) is 5.75 Å². The summed E-state index contributed by atoms with van der Waals surface area (Å²) in [5.41, 5.74) is 2.66. The first-order chi connectivity index (χ1) is 7.80. The molecule has 0 aliphatic rings. The predicted octanol–water partition coefficient (Wildman–Crippen LogP) is -3.91. The molecule has 0 saturated heterocycles. The zero-order valence-electron chi connectivity index (χ0n) is 9.57. The Morgan fingerprint density at radius 3 is 2.28 bits per heavy atom. The number of amides is 1. The standard InChI is InChI=1S/C9H11NO6S.Na/c10-8(11)5-16-7-3-1-6(2-4-7)9(12)17(13,14)15;/h1-4,9,12H,5H2,(H2,10,11)(H,13,14,15);/q;+1/p-1. The summed E-state index contributed by atoms with van der Waals surface area (Å²) in [6, 6.07) is 5.03. The topological polar surface area (TPSA) is 130 Å². The van der Waals surface area contributed by atoms with Gasteiger partial charge < -0.3 is 20.1 Å². The molecule has 0 aliphatic heterocycles. The van der Waals surface area contributed by atoms with Crippen LogP contribution in [0.25, 0.3) is 0 Å². The van der Waals surface area contributed by atoms with Crippen molar-refractivity contribution in [2.45, 2.75) is 5.44 Å². The monoisotopic (exact) mass is 283 g/mol. The normalized spacial score (nSPS) is 12.3. The van der Waals surface area contributed by atoms with Crippen molar-refractivity contribution >= 4 is 16.0 Å². The molecular formula is C9H10NNaO6S. The van der Waals surface area contributed by atoms with Crippen molar-refractivity contribution in [1.29, 1.82) is 0 Å². The fraction of sp³-hybridized carbons (Fsp3) is 0.222.